The van der Waals surface area contributed by atoms with E-state index in [1.54, 1.807) is 24.5 Å². The largest absolute Gasteiger partial charge is 0.437 e. The fraction of sp³-hybridized carbons (Fsp3) is 0.333. The van der Waals surface area contributed by atoms with Crippen molar-refractivity contribution in [2.45, 2.75) is 18.8 Å². The van der Waals surface area contributed by atoms with Gasteiger partial charge < -0.3 is 10.1 Å². The summed E-state index contributed by atoms with van der Waals surface area (Å²) >= 11 is 0. The van der Waals surface area contributed by atoms with Crippen molar-refractivity contribution in [3.05, 3.63) is 48.2 Å². The number of hydrogen-bond acceptors (Lipinski definition) is 4. The fourth-order valence-electron chi connectivity index (χ4n) is 2.42. The van der Waals surface area contributed by atoms with Crippen molar-refractivity contribution in [3.8, 4) is 11.6 Å². The summed E-state index contributed by atoms with van der Waals surface area (Å²) in [5, 5.41) is 3.35. The van der Waals surface area contributed by atoms with E-state index >= 15 is 0 Å². The third kappa shape index (κ3) is 2.93. The van der Waals surface area contributed by atoms with Gasteiger partial charge in [0, 0.05) is 30.9 Å². The normalized spacial score (nSPS) is 18.8. The van der Waals surface area contributed by atoms with Crippen LogP contribution < -0.4 is 10.1 Å². The quantitative estimate of drug-likeness (QED) is 0.934. The van der Waals surface area contributed by atoms with Crippen molar-refractivity contribution in [1.82, 2.24) is 15.3 Å². The molecule has 4 nitrogen and oxygen atoms in total. The van der Waals surface area contributed by atoms with Crippen LogP contribution in [0.2, 0.25) is 0 Å². The summed E-state index contributed by atoms with van der Waals surface area (Å²) in [6.07, 6.45) is 5.43. The summed E-state index contributed by atoms with van der Waals surface area (Å²) in [5.41, 5.74) is 0.837. The second-order valence-electron chi connectivity index (χ2n) is 4.85. The van der Waals surface area contributed by atoms with Gasteiger partial charge in [-0.25, -0.2) is 9.37 Å². The molecular formula is C15H16FN3O. The highest BCUT2D eigenvalue weighted by molar-refractivity contribution is 5.31. The number of benzene rings is 1. The predicted molar refractivity (Wildman–Crippen MR) is 73.4 cm³/mol. The molecule has 1 atom stereocenters. The van der Waals surface area contributed by atoms with E-state index in [0.29, 0.717) is 17.5 Å². The second-order valence-corrected chi connectivity index (χ2v) is 4.85. The van der Waals surface area contributed by atoms with Crippen molar-refractivity contribution in [3.63, 3.8) is 0 Å². The standard InChI is InChI=1S/C15H16FN3O/c16-12-4-1-5-13(9-12)20-15-14(18-7-8-19-15)11-3-2-6-17-10-11/h1,4-5,7-9,11,17H,2-3,6,10H2. The Kier molecular flexibility index (Phi) is 3.87. The van der Waals surface area contributed by atoms with E-state index in [0.717, 1.165) is 31.6 Å². The number of hydrogen-bond donors (Lipinski definition) is 1. The molecule has 0 spiro atoms. The first-order valence-corrected chi connectivity index (χ1v) is 6.78. The summed E-state index contributed by atoms with van der Waals surface area (Å²) in [5.74, 6) is 0.871. The van der Waals surface area contributed by atoms with Crippen molar-refractivity contribution >= 4 is 0 Å². The van der Waals surface area contributed by atoms with Gasteiger partial charge in [0.15, 0.2) is 0 Å². The molecule has 1 saturated heterocycles. The number of halogens is 1. The van der Waals surface area contributed by atoms with Crippen LogP contribution >= 0.6 is 0 Å². The van der Waals surface area contributed by atoms with E-state index in [9.17, 15) is 4.39 Å². The molecule has 20 heavy (non-hydrogen) atoms. The molecular weight excluding hydrogens is 257 g/mol. The first kappa shape index (κ1) is 13.0. The molecule has 1 aliphatic rings. The fourth-order valence-corrected chi connectivity index (χ4v) is 2.42. The Morgan fingerprint density at radius 1 is 1.25 bits per heavy atom. The predicted octanol–water partition coefficient (Wildman–Crippen LogP) is 2.88. The van der Waals surface area contributed by atoms with Crippen molar-refractivity contribution < 1.29 is 9.13 Å². The van der Waals surface area contributed by atoms with Crippen LogP contribution in [-0.2, 0) is 0 Å². The van der Waals surface area contributed by atoms with Gasteiger partial charge in [0.05, 0.1) is 0 Å². The van der Waals surface area contributed by atoms with E-state index in [2.05, 4.69) is 15.3 Å². The Labute approximate surface area is 117 Å². The van der Waals surface area contributed by atoms with Gasteiger partial charge in [0.2, 0.25) is 5.88 Å². The lowest BCUT2D eigenvalue weighted by Crippen LogP contribution is -2.29. The maximum Gasteiger partial charge on any atom is 0.241 e. The minimum Gasteiger partial charge on any atom is -0.437 e. The minimum absolute atomic E-state index is 0.293. The molecule has 0 bridgehead atoms. The van der Waals surface area contributed by atoms with Crippen LogP contribution in [-0.4, -0.2) is 23.1 Å². The number of aromatic nitrogens is 2. The molecule has 2 aromatic rings. The molecule has 3 rings (SSSR count). The maximum atomic E-state index is 13.2. The Bertz CT molecular complexity index is 585. The van der Waals surface area contributed by atoms with E-state index in [1.165, 1.54) is 12.1 Å². The molecule has 0 amide bonds. The SMILES string of the molecule is Fc1cccc(Oc2nccnc2C2CCCNC2)c1. The van der Waals surface area contributed by atoms with Crippen LogP contribution in [0.25, 0.3) is 0 Å². The summed E-state index contributed by atoms with van der Waals surface area (Å²) in [4.78, 5) is 8.64. The summed E-state index contributed by atoms with van der Waals surface area (Å²) in [6, 6.07) is 6.05. The highest BCUT2D eigenvalue weighted by atomic mass is 19.1. The van der Waals surface area contributed by atoms with Gasteiger partial charge in [-0.15, -0.1) is 0 Å². The lowest BCUT2D eigenvalue weighted by molar-refractivity contribution is 0.410. The first-order chi connectivity index (χ1) is 9.83. The summed E-state index contributed by atoms with van der Waals surface area (Å²) < 4.78 is 18.9. The van der Waals surface area contributed by atoms with Crippen LogP contribution in [0.5, 0.6) is 11.6 Å². The summed E-state index contributed by atoms with van der Waals surface area (Å²) in [6.45, 7) is 1.91. The number of piperidine rings is 1. The van der Waals surface area contributed by atoms with Crippen LogP contribution in [0.15, 0.2) is 36.7 Å². The number of rotatable bonds is 3. The molecule has 1 N–H and O–H groups in total. The zero-order valence-electron chi connectivity index (χ0n) is 11.1. The third-order valence-electron chi connectivity index (χ3n) is 3.39. The monoisotopic (exact) mass is 273 g/mol. The molecule has 0 aliphatic carbocycles. The van der Waals surface area contributed by atoms with Gasteiger partial charge in [-0.2, -0.15) is 0 Å². The third-order valence-corrected chi connectivity index (χ3v) is 3.39. The Morgan fingerprint density at radius 3 is 2.95 bits per heavy atom. The van der Waals surface area contributed by atoms with Gasteiger partial charge in [-0.1, -0.05) is 6.07 Å². The Morgan fingerprint density at radius 2 is 2.15 bits per heavy atom. The lowest BCUT2D eigenvalue weighted by atomic mass is 9.96. The highest BCUT2D eigenvalue weighted by Gasteiger charge is 2.21. The zero-order chi connectivity index (χ0) is 13.8. The van der Waals surface area contributed by atoms with E-state index in [-0.39, 0.29) is 5.82 Å². The molecule has 1 aliphatic heterocycles. The molecule has 0 radical (unpaired) electrons. The molecule has 1 unspecified atom stereocenters. The average Bonchev–Trinajstić information content (AvgIpc) is 2.49. The Balaban J connectivity index is 1.85. The number of nitrogens with zero attached hydrogens (tertiary/aromatic N) is 2. The molecule has 1 aromatic heterocycles. The highest BCUT2D eigenvalue weighted by Crippen LogP contribution is 2.30. The van der Waals surface area contributed by atoms with Crippen LogP contribution in [0, 0.1) is 5.82 Å². The van der Waals surface area contributed by atoms with E-state index in [1.807, 2.05) is 0 Å². The van der Waals surface area contributed by atoms with Crippen LogP contribution in [0.1, 0.15) is 24.5 Å². The van der Waals surface area contributed by atoms with E-state index < -0.39 is 0 Å². The van der Waals surface area contributed by atoms with Crippen molar-refractivity contribution in [2.24, 2.45) is 0 Å². The first-order valence-electron chi connectivity index (χ1n) is 6.78. The zero-order valence-corrected chi connectivity index (χ0v) is 11.1. The van der Waals surface area contributed by atoms with Crippen LogP contribution in [0.4, 0.5) is 4.39 Å². The van der Waals surface area contributed by atoms with Crippen molar-refractivity contribution in [1.29, 1.82) is 0 Å². The van der Waals surface area contributed by atoms with Crippen molar-refractivity contribution in [2.75, 3.05) is 13.1 Å². The molecule has 0 saturated carbocycles. The topological polar surface area (TPSA) is 47.0 Å². The van der Waals surface area contributed by atoms with E-state index in [4.69, 9.17) is 4.74 Å². The lowest BCUT2D eigenvalue weighted by Gasteiger charge is -2.23. The molecule has 2 heterocycles. The van der Waals surface area contributed by atoms with Gasteiger partial charge in [-0.3, -0.25) is 4.98 Å². The number of ether oxygens (including phenoxy) is 1. The van der Waals surface area contributed by atoms with Crippen LogP contribution in [0.3, 0.4) is 0 Å². The summed E-state index contributed by atoms with van der Waals surface area (Å²) in [7, 11) is 0. The molecule has 5 heteroatoms. The second kappa shape index (κ2) is 5.96. The number of nitrogens with one attached hydrogen (secondary N) is 1. The van der Waals surface area contributed by atoms with Gasteiger partial charge in [0.25, 0.3) is 0 Å². The molecule has 1 aromatic carbocycles. The smallest absolute Gasteiger partial charge is 0.241 e. The maximum absolute atomic E-state index is 13.2. The van der Waals surface area contributed by atoms with Gasteiger partial charge in [-0.05, 0) is 31.5 Å². The van der Waals surface area contributed by atoms with Gasteiger partial charge >= 0.3 is 0 Å². The van der Waals surface area contributed by atoms with Gasteiger partial charge in [0.1, 0.15) is 17.3 Å². The molecule has 1 fully saturated rings. The average molecular weight is 273 g/mol. The molecule has 104 valence electrons. The Hall–Kier alpha value is -2.01. The minimum atomic E-state index is -0.327.